The second-order valence-corrected chi connectivity index (χ2v) is 7.01. The van der Waals surface area contributed by atoms with Gasteiger partial charge in [-0.05, 0) is 49.7 Å². The van der Waals surface area contributed by atoms with Crippen LogP contribution < -0.4 is 14.8 Å². The highest BCUT2D eigenvalue weighted by Crippen LogP contribution is 2.32. The van der Waals surface area contributed by atoms with Crippen molar-refractivity contribution in [1.82, 2.24) is 4.98 Å². The Morgan fingerprint density at radius 2 is 2.00 bits per heavy atom. The Balaban J connectivity index is 1.63. The average molecular weight is 403 g/mol. The van der Waals surface area contributed by atoms with Crippen LogP contribution >= 0.6 is 22.9 Å². The van der Waals surface area contributed by atoms with E-state index in [9.17, 15) is 4.79 Å². The van der Waals surface area contributed by atoms with E-state index < -0.39 is 0 Å². The summed E-state index contributed by atoms with van der Waals surface area (Å²) in [7, 11) is 0. The zero-order chi connectivity index (χ0) is 19.2. The number of nitrogens with zero attached hydrogens (tertiary/aromatic N) is 1. The van der Waals surface area contributed by atoms with Crippen molar-refractivity contribution in [3.8, 4) is 22.8 Å². The number of rotatable bonds is 7. The number of nitrogens with one attached hydrogen (secondary N) is 1. The summed E-state index contributed by atoms with van der Waals surface area (Å²) in [5, 5.41) is 5.79. The number of hydrogen-bond acceptors (Lipinski definition) is 5. The SMILES string of the molecule is CCOc1ccccc1-c1csc(NC(=O)COc2ccc(Cl)cc2C)n1. The van der Waals surface area contributed by atoms with Gasteiger partial charge in [0, 0.05) is 16.0 Å². The normalized spacial score (nSPS) is 10.5. The molecule has 0 bridgehead atoms. The molecule has 0 unspecified atom stereocenters. The van der Waals surface area contributed by atoms with Crippen LogP contribution in [0.1, 0.15) is 12.5 Å². The molecule has 0 spiro atoms. The molecule has 0 atom stereocenters. The minimum absolute atomic E-state index is 0.104. The molecule has 140 valence electrons. The maximum Gasteiger partial charge on any atom is 0.264 e. The second-order valence-electron chi connectivity index (χ2n) is 5.71. The first-order chi connectivity index (χ1) is 13.1. The van der Waals surface area contributed by atoms with E-state index in [1.807, 2.05) is 43.5 Å². The first-order valence-electron chi connectivity index (χ1n) is 8.43. The van der Waals surface area contributed by atoms with E-state index in [2.05, 4.69) is 10.3 Å². The zero-order valence-corrected chi connectivity index (χ0v) is 16.6. The second kappa shape index (κ2) is 8.88. The van der Waals surface area contributed by atoms with E-state index in [0.29, 0.717) is 22.5 Å². The molecular formula is C20H19ClN2O3S. The third-order valence-corrected chi connectivity index (χ3v) is 4.70. The molecule has 27 heavy (non-hydrogen) atoms. The van der Waals surface area contributed by atoms with Crippen LogP contribution in [0, 0.1) is 6.92 Å². The first-order valence-corrected chi connectivity index (χ1v) is 9.69. The van der Waals surface area contributed by atoms with Gasteiger partial charge in [-0.2, -0.15) is 0 Å². The van der Waals surface area contributed by atoms with Crippen molar-refractivity contribution in [3.63, 3.8) is 0 Å². The van der Waals surface area contributed by atoms with Crippen molar-refractivity contribution in [1.29, 1.82) is 0 Å². The molecular weight excluding hydrogens is 384 g/mol. The van der Waals surface area contributed by atoms with Gasteiger partial charge in [0.15, 0.2) is 11.7 Å². The maximum atomic E-state index is 12.2. The van der Waals surface area contributed by atoms with E-state index in [1.165, 1.54) is 11.3 Å². The fourth-order valence-electron chi connectivity index (χ4n) is 2.49. The van der Waals surface area contributed by atoms with Gasteiger partial charge in [0.25, 0.3) is 5.91 Å². The predicted molar refractivity (Wildman–Crippen MR) is 109 cm³/mol. The Morgan fingerprint density at radius 1 is 1.19 bits per heavy atom. The van der Waals surface area contributed by atoms with Crippen molar-refractivity contribution in [3.05, 3.63) is 58.4 Å². The van der Waals surface area contributed by atoms with E-state index in [4.69, 9.17) is 21.1 Å². The molecule has 0 saturated carbocycles. The molecule has 2 aromatic carbocycles. The number of ether oxygens (including phenoxy) is 2. The Morgan fingerprint density at radius 3 is 2.78 bits per heavy atom. The number of carbonyl (C=O) groups is 1. The lowest BCUT2D eigenvalue weighted by Crippen LogP contribution is -2.20. The number of carbonyl (C=O) groups excluding carboxylic acids is 1. The number of anilines is 1. The topological polar surface area (TPSA) is 60.5 Å². The van der Waals surface area contributed by atoms with Gasteiger partial charge >= 0.3 is 0 Å². The van der Waals surface area contributed by atoms with Crippen molar-refractivity contribution >= 4 is 34.0 Å². The Bertz CT molecular complexity index is 942. The van der Waals surface area contributed by atoms with Crippen LogP contribution in [0.4, 0.5) is 5.13 Å². The van der Waals surface area contributed by atoms with Crippen LogP contribution in [0.25, 0.3) is 11.3 Å². The minimum atomic E-state index is -0.275. The van der Waals surface area contributed by atoms with Gasteiger partial charge < -0.3 is 9.47 Å². The monoisotopic (exact) mass is 402 g/mol. The van der Waals surface area contributed by atoms with Crippen LogP contribution in [0.15, 0.2) is 47.8 Å². The molecule has 1 heterocycles. The highest BCUT2D eigenvalue weighted by atomic mass is 35.5. The quantitative estimate of drug-likeness (QED) is 0.590. The van der Waals surface area contributed by atoms with Gasteiger partial charge in [-0.1, -0.05) is 23.7 Å². The largest absolute Gasteiger partial charge is 0.493 e. The standard InChI is InChI=1S/C20H19ClN2O3S/c1-3-25-18-7-5-4-6-15(18)16-12-27-20(22-16)23-19(24)11-26-17-9-8-14(21)10-13(17)2/h4-10,12H,3,11H2,1-2H3,(H,22,23,24). The van der Waals surface area contributed by atoms with Gasteiger partial charge in [0.1, 0.15) is 11.5 Å². The molecule has 3 rings (SSSR count). The molecule has 7 heteroatoms. The molecule has 0 aliphatic carbocycles. The summed E-state index contributed by atoms with van der Waals surface area (Å²) in [4.78, 5) is 16.6. The number of benzene rings is 2. The highest BCUT2D eigenvalue weighted by Gasteiger charge is 2.12. The number of hydrogen-bond donors (Lipinski definition) is 1. The molecule has 1 aromatic heterocycles. The van der Waals surface area contributed by atoms with Crippen molar-refractivity contribution in [2.75, 3.05) is 18.5 Å². The van der Waals surface area contributed by atoms with Crippen LogP contribution in [0.2, 0.25) is 5.02 Å². The molecule has 0 fully saturated rings. The van der Waals surface area contributed by atoms with Crippen molar-refractivity contribution < 1.29 is 14.3 Å². The van der Waals surface area contributed by atoms with E-state index in [1.54, 1.807) is 18.2 Å². The summed E-state index contributed by atoms with van der Waals surface area (Å²) in [6.07, 6.45) is 0. The summed E-state index contributed by atoms with van der Waals surface area (Å²) in [5.41, 5.74) is 2.53. The lowest BCUT2D eigenvalue weighted by Gasteiger charge is -2.09. The van der Waals surface area contributed by atoms with Gasteiger partial charge in [-0.3, -0.25) is 10.1 Å². The summed E-state index contributed by atoms with van der Waals surface area (Å²) < 4.78 is 11.2. The molecule has 0 radical (unpaired) electrons. The van der Waals surface area contributed by atoms with Gasteiger partial charge in [-0.25, -0.2) is 4.98 Å². The molecule has 3 aromatic rings. The van der Waals surface area contributed by atoms with Gasteiger partial charge in [0.05, 0.1) is 12.3 Å². The Hall–Kier alpha value is -2.57. The van der Waals surface area contributed by atoms with E-state index in [0.717, 1.165) is 22.6 Å². The van der Waals surface area contributed by atoms with Crippen LogP contribution in [-0.4, -0.2) is 24.1 Å². The van der Waals surface area contributed by atoms with Crippen LogP contribution in [0.5, 0.6) is 11.5 Å². The predicted octanol–water partition coefficient (Wildman–Crippen LogP) is 5.19. The molecule has 0 aliphatic rings. The molecule has 1 N–H and O–H groups in total. The summed E-state index contributed by atoms with van der Waals surface area (Å²) in [5.74, 6) is 1.12. The minimum Gasteiger partial charge on any atom is -0.493 e. The molecule has 5 nitrogen and oxygen atoms in total. The van der Waals surface area contributed by atoms with Gasteiger partial charge in [-0.15, -0.1) is 11.3 Å². The summed E-state index contributed by atoms with van der Waals surface area (Å²) in [6.45, 7) is 4.28. The van der Waals surface area contributed by atoms with Crippen molar-refractivity contribution in [2.45, 2.75) is 13.8 Å². The number of thiazole rings is 1. The zero-order valence-electron chi connectivity index (χ0n) is 15.0. The fourth-order valence-corrected chi connectivity index (χ4v) is 3.44. The smallest absolute Gasteiger partial charge is 0.264 e. The third-order valence-electron chi connectivity index (χ3n) is 3.71. The van der Waals surface area contributed by atoms with Crippen LogP contribution in [0.3, 0.4) is 0 Å². The number of para-hydroxylation sites is 1. The maximum absolute atomic E-state index is 12.2. The lowest BCUT2D eigenvalue weighted by molar-refractivity contribution is -0.118. The van der Waals surface area contributed by atoms with Crippen LogP contribution in [-0.2, 0) is 4.79 Å². The number of aryl methyl sites for hydroxylation is 1. The summed E-state index contributed by atoms with van der Waals surface area (Å²) in [6, 6.07) is 13.0. The Labute approximate surface area is 166 Å². The number of amides is 1. The van der Waals surface area contributed by atoms with Crippen molar-refractivity contribution in [2.24, 2.45) is 0 Å². The van der Waals surface area contributed by atoms with E-state index >= 15 is 0 Å². The lowest BCUT2D eigenvalue weighted by atomic mass is 10.1. The third kappa shape index (κ3) is 4.99. The first kappa shape index (κ1) is 19.2. The Kier molecular flexibility index (Phi) is 6.32. The molecule has 0 aliphatic heterocycles. The number of halogens is 1. The fraction of sp³-hybridized carbons (Fsp3) is 0.200. The van der Waals surface area contributed by atoms with E-state index in [-0.39, 0.29) is 12.5 Å². The molecule has 1 amide bonds. The molecule has 0 saturated heterocycles. The van der Waals surface area contributed by atoms with Gasteiger partial charge in [0.2, 0.25) is 0 Å². The number of aromatic nitrogens is 1. The summed E-state index contributed by atoms with van der Waals surface area (Å²) >= 11 is 7.27. The highest BCUT2D eigenvalue weighted by molar-refractivity contribution is 7.14. The average Bonchev–Trinajstić information content (AvgIpc) is 3.10.